The standard InChI is InChI=1S/C13H22N4O/c1-4-5-13(2)12(18)15-6-7-17(13)9-11-8-14-10-16(11)3/h8,10H,4-7,9H2,1-3H3,(H,15,18)/t13-/m1/s1. The lowest BCUT2D eigenvalue weighted by Crippen LogP contribution is -2.62. The predicted octanol–water partition coefficient (Wildman–Crippen LogP) is 0.911. The zero-order valence-corrected chi connectivity index (χ0v) is 11.4. The summed E-state index contributed by atoms with van der Waals surface area (Å²) in [5, 5.41) is 2.98. The van der Waals surface area contributed by atoms with Gasteiger partial charge < -0.3 is 9.88 Å². The topological polar surface area (TPSA) is 50.2 Å². The molecular formula is C13H22N4O. The van der Waals surface area contributed by atoms with Gasteiger partial charge >= 0.3 is 0 Å². The molecule has 1 aliphatic rings. The number of imidazole rings is 1. The van der Waals surface area contributed by atoms with Gasteiger partial charge in [-0.1, -0.05) is 13.3 Å². The highest BCUT2D eigenvalue weighted by atomic mass is 16.2. The third kappa shape index (κ3) is 2.27. The second-order valence-corrected chi connectivity index (χ2v) is 5.20. The summed E-state index contributed by atoms with van der Waals surface area (Å²) in [5.74, 6) is 0.151. The summed E-state index contributed by atoms with van der Waals surface area (Å²) in [7, 11) is 1.99. The quantitative estimate of drug-likeness (QED) is 0.864. The molecule has 1 amide bonds. The molecule has 0 spiro atoms. The number of amides is 1. The molecule has 18 heavy (non-hydrogen) atoms. The summed E-state index contributed by atoms with van der Waals surface area (Å²) in [6, 6.07) is 0. The third-order valence-electron chi connectivity index (χ3n) is 3.86. The van der Waals surface area contributed by atoms with Crippen molar-refractivity contribution in [2.24, 2.45) is 7.05 Å². The van der Waals surface area contributed by atoms with Gasteiger partial charge in [0.25, 0.3) is 0 Å². The lowest BCUT2D eigenvalue weighted by molar-refractivity contribution is -0.137. The Morgan fingerprint density at radius 1 is 1.56 bits per heavy atom. The van der Waals surface area contributed by atoms with Crippen molar-refractivity contribution in [3.05, 3.63) is 18.2 Å². The smallest absolute Gasteiger partial charge is 0.240 e. The van der Waals surface area contributed by atoms with Gasteiger partial charge in [0.05, 0.1) is 17.6 Å². The summed E-state index contributed by atoms with van der Waals surface area (Å²) in [4.78, 5) is 18.6. The van der Waals surface area contributed by atoms with E-state index >= 15 is 0 Å². The number of hydrogen-bond donors (Lipinski definition) is 1. The van der Waals surface area contributed by atoms with Crippen molar-refractivity contribution in [1.29, 1.82) is 0 Å². The Kier molecular flexibility index (Phi) is 3.71. The first kappa shape index (κ1) is 13.1. The molecule has 2 rings (SSSR count). The monoisotopic (exact) mass is 250 g/mol. The van der Waals surface area contributed by atoms with Crippen LogP contribution in [0.5, 0.6) is 0 Å². The van der Waals surface area contributed by atoms with Crippen LogP contribution in [0.4, 0.5) is 0 Å². The summed E-state index contributed by atoms with van der Waals surface area (Å²) in [6.07, 6.45) is 5.57. The third-order valence-corrected chi connectivity index (χ3v) is 3.86. The van der Waals surface area contributed by atoms with Gasteiger partial charge in [-0.05, 0) is 13.3 Å². The van der Waals surface area contributed by atoms with Crippen LogP contribution in [0.15, 0.2) is 12.5 Å². The molecule has 1 aromatic rings. The zero-order chi connectivity index (χ0) is 13.2. The largest absolute Gasteiger partial charge is 0.353 e. The Labute approximate surface area is 108 Å². The van der Waals surface area contributed by atoms with Crippen molar-refractivity contribution >= 4 is 5.91 Å². The summed E-state index contributed by atoms with van der Waals surface area (Å²) in [6.45, 7) is 6.57. The summed E-state index contributed by atoms with van der Waals surface area (Å²) in [5.41, 5.74) is 0.754. The molecule has 1 aromatic heterocycles. The fourth-order valence-corrected chi connectivity index (χ4v) is 2.63. The number of carbonyl (C=O) groups is 1. The van der Waals surface area contributed by atoms with E-state index in [1.165, 1.54) is 0 Å². The lowest BCUT2D eigenvalue weighted by atomic mass is 9.90. The number of nitrogens with one attached hydrogen (secondary N) is 1. The maximum atomic E-state index is 12.2. The summed E-state index contributed by atoms with van der Waals surface area (Å²) < 4.78 is 2.01. The van der Waals surface area contributed by atoms with Crippen LogP contribution in [0.1, 0.15) is 32.4 Å². The van der Waals surface area contributed by atoms with E-state index in [4.69, 9.17) is 0 Å². The number of nitrogens with zero attached hydrogens (tertiary/aromatic N) is 3. The van der Waals surface area contributed by atoms with Gasteiger partial charge in [0.15, 0.2) is 0 Å². The maximum Gasteiger partial charge on any atom is 0.240 e. The number of aromatic nitrogens is 2. The molecule has 0 unspecified atom stereocenters. The highest BCUT2D eigenvalue weighted by Gasteiger charge is 2.41. The maximum absolute atomic E-state index is 12.2. The van der Waals surface area contributed by atoms with Crippen LogP contribution in [0.25, 0.3) is 0 Å². The van der Waals surface area contributed by atoms with E-state index in [1.807, 2.05) is 24.7 Å². The van der Waals surface area contributed by atoms with Crippen molar-refractivity contribution in [2.75, 3.05) is 13.1 Å². The molecule has 0 aliphatic carbocycles. The molecular weight excluding hydrogens is 228 g/mol. The van der Waals surface area contributed by atoms with Gasteiger partial charge in [0.1, 0.15) is 0 Å². The van der Waals surface area contributed by atoms with E-state index < -0.39 is 5.54 Å². The number of hydrogen-bond acceptors (Lipinski definition) is 3. The molecule has 5 nitrogen and oxygen atoms in total. The fourth-order valence-electron chi connectivity index (χ4n) is 2.63. The first-order valence-corrected chi connectivity index (χ1v) is 6.56. The highest BCUT2D eigenvalue weighted by molar-refractivity contribution is 5.86. The molecule has 1 N–H and O–H groups in total. The lowest BCUT2D eigenvalue weighted by Gasteiger charge is -2.43. The second-order valence-electron chi connectivity index (χ2n) is 5.20. The Bertz CT molecular complexity index is 428. The van der Waals surface area contributed by atoms with E-state index in [-0.39, 0.29) is 5.91 Å². The van der Waals surface area contributed by atoms with Crippen LogP contribution in [-0.2, 0) is 18.4 Å². The molecule has 100 valence electrons. The molecule has 0 aromatic carbocycles. The van der Waals surface area contributed by atoms with Gasteiger partial charge in [-0.3, -0.25) is 9.69 Å². The molecule has 0 radical (unpaired) electrons. The zero-order valence-electron chi connectivity index (χ0n) is 11.4. The highest BCUT2D eigenvalue weighted by Crippen LogP contribution is 2.25. The second kappa shape index (κ2) is 5.10. The number of carbonyl (C=O) groups excluding carboxylic acids is 1. The van der Waals surface area contributed by atoms with Gasteiger partial charge in [-0.15, -0.1) is 0 Å². The first-order valence-electron chi connectivity index (χ1n) is 6.56. The average molecular weight is 250 g/mol. The van der Waals surface area contributed by atoms with Crippen LogP contribution in [0.2, 0.25) is 0 Å². The molecule has 1 saturated heterocycles. The van der Waals surface area contributed by atoms with Crippen LogP contribution < -0.4 is 5.32 Å². The Hall–Kier alpha value is -1.36. The molecule has 1 atom stereocenters. The molecule has 2 heterocycles. The Balaban J connectivity index is 2.18. The van der Waals surface area contributed by atoms with Crippen molar-refractivity contribution < 1.29 is 4.79 Å². The van der Waals surface area contributed by atoms with E-state index in [0.29, 0.717) is 0 Å². The van der Waals surface area contributed by atoms with Gasteiger partial charge in [-0.2, -0.15) is 0 Å². The van der Waals surface area contributed by atoms with Crippen molar-refractivity contribution in [3.63, 3.8) is 0 Å². The SMILES string of the molecule is CCC[C@]1(C)C(=O)NCCN1Cc1cncn1C. The summed E-state index contributed by atoms with van der Waals surface area (Å²) >= 11 is 0. The molecule has 5 heteroatoms. The minimum atomic E-state index is -0.392. The Morgan fingerprint density at radius 2 is 2.33 bits per heavy atom. The normalized spacial score (nSPS) is 25.2. The molecule has 0 saturated carbocycles. The minimum Gasteiger partial charge on any atom is -0.353 e. The van der Waals surface area contributed by atoms with Crippen LogP contribution in [0.3, 0.4) is 0 Å². The average Bonchev–Trinajstić information content (AvgIpc) is 2.72. The molecule has 0 bridgehead atoms. The van der Waals surface area contributed by atoms with Gasteiger partial charge in [0, 0.05) is 32.9 Å². The van der Waals surface area contributed by atoms with Crippen molar-refractivity contribution in [3.8, 4) is 0 Å². The van der Waals surface area contributed by atoms with Crippen molar-refractivity contribution in [2.45, 2.75) is 38.8 Å². The van der Waals surface area contributed by atoms with E-state index in [1.54, 1.807) is 6.33 Å². The van der Waals surface area contributed by atoms with Crippen molar-refractivity contribution in [1.82, 2.24) is 19.8 Å². The van der Waals surface area contributed by atoms with Crippen LogP contribution in [-0.4, -0.2) is 39.0 Å². The molecule has 1 aliphatic heterocycles. The van der Waals surface area contributed by atoms with E-state index in [2.05, 4.69) is 22.1 Å². The fraction of sp³-hybridized carbons (Fsp3) is 0.692. The van der Waals surface area contributed by atoms with Gasteiger partial charge in [-0.25, -0.2) is 4.98 Å². The van der Waals surface area contributed by atoms with E-state index in [9.17, 15) is 4.79 Å². The minimum absolute atomic E-state index is 0.151. The van der Waals surface area contributed by atoms with Crippen LogP contribution >= 0.6 is 0 Å². The number of piperazine rings is 1. The molecule has 1 fully saturated rings. The van der Waals surface area contributed by atoms with Crippen LogP contribution in [0, 0.1) is 0 Å². The first-order chi connectivity index (χ1) is 8.58. The van der Waals surface area contributed by atoms with Gasteiger partial charge in [0.2, 0.25) is 5.91 Å². The predicted molar refractivity (Wildman–Crippen MR) is 69.9 cm³/mol. The number of rotatable bonds is 4. The number of aryl methyl sites for hydroxylation is 1. The Morgan fingerprint density at radius 3 is 2.94 bits per heavy atom. The van der Waals surface area contributed by atoms with E-state index in [0.717, 1.165) is 38.2 Å².